The number of hydrogen-bond acceptors (Lipinski definition) is 1. The van der Waals surface area contributed by atoms with Crippen molar-refractivity contribution < 1.29 is 4.39 Å². The quantitative estimate of drug-likeness (QED) is 0.639. The Balaban J connectivity index is 2.12. The molecule has 0 saturated carbocycles. The Morgan fingerprint density at radius 2 is 1.95 bits per heavy atom. The third-order valence-corrected chi connectivity index (χ3v) is 3.84. The number of para-hydroxylation sites is 1. The molecule has 0 atom stereocenters. The summed E-state index contributed by atoms with van der Waals surface area (Å²) in [4.78, 5) is 4.58. The number of nitrogens with zero attached hydrogens (tertiary/aromatic N) is 2. The molecule has 0 N–H and O–H groups in total. The standard InChI is InChI=1S/C16H13Cl2FN2/c17-8-7-15-20-14-6-2-5-13(18)16(14)21(15)10-11-3-1-4-12(19)9-11/h1-6,9H,7-8,10H2. The topological polar surface area (TPSA) is 17.8 Å². The second-order valence-electron chi connectivity index (χ2n) is 4.79. The molecule has 0 bridgehead atoms. The minimum atomic E-state index is -0.248. The van der Waals surface area contributed by atoms with Crippen molar-refractivity contribution in [2.75, 3.05) is 5.88 Å². The molecule has 0 aliphatic rings. The fourth-order valence-electron chi connectivity index (χ4n) is 2.45. The summed E-state index contributed by atoms with van der Waals surface area (Å²) >= 11 is 12.2. The van der Waals surface area contributed by atoms with E-state index in [1.165, 1.54) is 12.1 Å². The predicted octanol–water partition coefficient (Wildman–Crippen LogP) is 4.66. The zero-order chi connectivity index (χ0) is 14.8. The van der Waals surface area contributed by atoms with Gasteiger partial charge in [0, 0.05) is 18.8 Å². The monoisotopic (exact) mass is 322 g/mol. The van der Waals surface area contributed by atoms with Crippen molar-refractivity contribution in [3.05, 3.63) is 64.7 Å². The summed E-state index contributed by atoms with van der Waals surface area (Å²) in [6.07, 6.45) is 0.641. The Hall–Kier alpha value is -1.58. The van der Waals surface area contributed by atoms with Crippen LogP contribution in [0.5, 0.6) is 0 Å². The van der Waals surface area contributed by atoms with Gasteiger partial charge in [0.15, 0.2) is 0 Å². The van der Waals surface area contributed by atoms with E-state index < -0.39 is 0 Å². The molecule has 0 amide bonds. The van der Waals surface area contributed by atoms with Gasteiger partial charge in [-0.05, 0) is 29.8 Å². The van der Waals surface area contributed by atoms with Crippen molar-refractivity contribution in [2.24, 2.45) is 0 Å². The molecule has 5 heteroatoms. The highest BCUT2D eigenvalue weighted by atomic mass is 35.5. The highest BCUT2D eigenvalue weighted by molar-refractivity contribution is 6.35. The van der Waals surface area contributed by atoms with Crippen LogP contribution in [0.4, 0.5) is 4.39 Å². The first kappa shape index (κ1) is 14.4. The molecule has 0 radical (unpaired) electrons. The van der Waals surface area contributed by atoms with Gasteiger partial charge >= 0.3 is 0 Å². The van der Waals surface area contributed by atoms with Crippen LogP contribution in [-0.2, 0) is 13.0 Å². The lowest BCUT2D eigenvalue weighted by Crippen LogP contribution is -2.06. The van der Waals surface area contributed by atoms with Crippen LogP contribution in [0.15, 0.2) is 42.5 Å². The van der Waals surface area contributed by atoms with Crippen LogP contribution in [0.3, 0.4) is 0 Å². The minimum Gasteiger partial charge on any atom is -0.322 e. The third-order valence-electron chi connectivity index (χ3n) is 3.34. The number of fused-ring (bicyclic) bond motifs is 1. The second-order valence-corrected chi connectivity index (χ2v) is 5.58. The van der Waals surface area contributed by atoms with E-state index >= 15 is 0 Å². The molecule has 0 aliphatic carbocycles. The van der Waals surface area contributed by atoms with Gasteiger partial charge in [-0.3, -0.25) is 0 Å². The number of aromatic nitrogens is 2. The Labute approximate surface area is 132 Å². The molecule has 0 saturated heterocycles. The molecule has 0 aliphatic heterocycles. The highest BCUT2D eigenvalue weighted by Crippen LogP contribution is 2.26. The maximum absolute atomic E-state index is 13.4. The van der Waals surface area contributed by atoms with Crippen molar-refractivity contribution in [1.82, 2.24) is 9.55 Å². The molecule has 2 nitrogen and oxygen atoms in total. The van der Waals surface area contributed by atoms with Crippen molar-refractivity contribution in [2.45, 2.75) is 13.0 Å². The van der Waals surface area contributed by atoms with Crippen molar-refractivity contribution in [3.8, 4) is 0 Å². The Morgan fingerprint density at radius 3 is 2.71 bits per heavy atom. The van der Waals surface area contributed by atoms with Gasteiger partial charge in [-0.1, -0.05) is 29.8 Å². The lowest BCUT2D eigenvalue weighted by atomic mass is 10.2. The average Bonchev–Trinajstić information content (AvgIpc) is 2.79. The number of aryl methyl sites for hydroxylation is 1. The van der Waals surface area contributed by atoms with Gasteiger partial charge in [0.05, 0.1) is 16.1 Å². The summed E-state index contributed by atoms with van der Waals surface area (Å²) in [5.41, 5.74) is 2.56. The molecule has 1 heterocycles. The SMILES string of the molecule is Fc1cccc(Cn2c(CCCl)nc3cccc(Cl)c32)c1. The normalized spacial score (nSPS) is 11.2. The Bertz CT molecular complexity index is 783. The Morgan fingerprint density at radius 1 is 1.14 bits per heavy atom. The van der Waals surface area contributed by atoms with E-state index in [2.05, 4.69) is 4.98 Å². The smallest absolute Gasteiger partial charge is 0.123 e. The molecule has 21 heavy (non-hydrogen) atoms. The zero-order valence-corrected chi connectivity index (χ0v) is 12.7. The number of halogens is 3. The maximum atomic E-state index is 13.4. The van der Waals surface area contributed by atoms with Gasteiger partial charge in [-0.15, -0.1) is 11.6 Å². The van der Waals surface area contributed by atoms with Crippen LogP contribution in [0, 0.1) is 5.82 Å². The van der Waals surface area contributed by atoms with E-state index in [0.717, 1.165) is 22.4 Å². The van der Waals surface area contributed by atoms with Crippen LogP contribution in [0.25, 0.3) is 11.0 Å². The lowest BCUT2D eigenvalue weighted by molar-refractivity contribution is 0.623. The van der Waals surface area contributed by atoms with Gasteiger partial charge < -0.3 is 4.57 Å². The molecule has 0 fully saturated rings. The van der Waals surface area contributed by atoms with Gasteiger partial charge in [0.25, 0.3) is 0 Å². The van der Waals surface area contributed by atoms with Crippen molar-refractivity contribution in [3.63, 3.8) is 0 Å². The molecule has 0 unspecified atom stereocenters. The van der Waals surface area contributed by atoms with E-state index in [-0.39, 0.29) is 5.82 Å². The van der Waals surface area contributed by atoms with E-state index in [9.17, 15) is 4.39 Å². The van der Waals surface area contributed by atoms with Gasteiger partial charge in [-0.25, -0.2) is 9.37 Å². The van der Waals surface area contributed by atoms with Crippen LogP contribution >= 0.6 is 23.2 Å². The Kier molecular flexibility index (Phi) is 4.13. The molecule has 2 aromatic carbocycles. The van der Waals surface area contributed by atoms with E-state index in [4.69, 9.17) is 23.2 Å². The zero-order valence-electron chi connectivity index (χ0n) is 11.2. The first-order valence-corrected chi connectivity index (χ1v) is 7.54. The molecule has 3 aromatic rings. The number of imidazole rings is 1. The number of rotatable bonds is 4. The molecule has 3 rings (SSSR count). The molecule has 108 valence electrons. The lowest BCUT2D eigenvalue weighted by Gasteiger charge is -2.09. The minimum absolute atomic E-state index is 0.248. The van der Waals surface area contributed by atoms with Crippen LogP contribution < -0.4 is 0 Å². The third kappa shape index (κ3) is 2.89. The summed E-state index contributed by atoms with van der Waals surface area (Å²) in [6.45, 7) is 0.518. The molecular weight excluding hydrogens is 310 g/mol. The van der Waals surface area contributed by atoms with Crippen LogP contribution in [0.1, 0.15) is 11.4 Å². The largest absolute Gasteiger partial charge is 0.322 e. The second kappa shape index (κ2) is 6.04. The highest BCUT2D eigenvalue weighted by Gasteiger charge is 2.13. The van der Waals surface area contributed by atoms with Gasteiger partial charge in [0.2, 0.25) is 0 Å². The molecular formula is C16H13Cl2FN2. The number of alkyl halides is 1. The molecule has 1 aromatic heterocycles. The van der Waals surface area contributed by atoms with Crippen molar-refractivity contribution >= 4 is 34.2 Å². The van der Waals surface area contributed by atoms with E-state index in [0.29, 0.717) is 23.9 Å². The van der Waals surface area contributed by atoms with E-state index in [1.54, 1.807) is 6.07 Å². The van der Waals surface area contributed by atoms with Gasteiger partial charge in [0.1, 0.15) is 11.6 Å². The summed E-state index contributed by atoms with van der Waals surface area (Å²) in [7, 11) is 0. The fourth-order valence-corrected chi connectivity index (χ4v) is 2.89. The van der Waals surface area contributed by atoms with Crippen LogP contribution in [-0.4, -0.2) is 15.4 Å². The summed E-state index contributed by atoms with van der Waals surface area (Å²) in [5.74, 6) is 1.09. The molecule has 0 spiro atoms. The average molecular weight is 323 g/mol. The first-order valence-electron chi connectivity index (χ1n) is 6.63. The van der Waals surface area contributed by atoms with Gasteiger partial charge in [-0.2, -0.15) is 0 Å². The summed E-state index contributed by atoms with van der Waals surface area (Å²) in [5, 5.41) is 0.636. The van der Waals surface area contributed by atoms with Crippen LogP contribution in [0.2, 0.25) is 5.02 Å². The summed E-state index contributed by atoms with van der Waals surface area (Å²) in [6, 6.07) is 12.2. The predicted molar refractivity (Wildman–Crippen MR) is 84.7 cm³/mol. The number of hydrogen-bond donors (Lipinski definition) is 0. The first-order chi connectivity index (χ1) is 10.2. The summed E-state index contributed by atoms with van der Waals surface area (Å²) < 4.78 is 15.4. The fraction of sp³-hybridized carbons (Fsp3) is 0.188. The maximum Gasteiger partial charge on any atom is 0.123 e. The number of benzene rings is 2. The van der Waals surface area contributed by atoms with Crippen molar-refractivity contribution in [1.29, 1.82) is 0 Å². The van der Waals surface area contributed by atoms with E-state index in [1.807, 2.05) is 28.8 Å².